The highest BCUT2D eigenvalue weighted by Gasteiger charge is 2.11. The molecule has 17 heavy (non-hydrogen) atoms. The van der Waals surface area contributed by atoms with Crippen molar-refractivity contribution in [1.82, 2.24) is 9.78 Å². The minimum absolute atomic E-state index is 0.0580. The molecule has 0 aliphatic heterocycles. The molecule has 1 aromatic carbocycles. The molecule has 1 heterocycles. The van der Waals surface area contributed by atoms with Gasteiger partial charge in [0.05, 0.1) is 12.3 Å². The van der Waals surface area contributed by atoms with Crippen molar-refractivity contribution in [2.75, 3.05) is 0 Å². The third kappa shape index (κ3) is 2.24. The van der Waals surface area contributed by atoms with E-state index in [0.717, 1.165) is 22.4 Å². The molecule has 0 unspecified atom stereocenters. The first-order valence-electron chi connectivity index (χ1n) is 5.88. The van der Waals surface area contributed by atoms with E-state index in [9.17, 15) is 5.11 Å². The summed E-state index contributed by atoms with van der Waals surface area (Å²) in [6, 6.07) is 8.25. The zero-order chi connectivity index (χ0) is 12.4. The number of aryl methyl sites for hydroxylation is 1. The van der Waals surface area contributed by atoms with Crippen LogP contribution in [0.3, 0.4) is 0 Å². The number of benzene rings is 1. The Morgan fingerprint density at radius 2 is 1.94 bits per heavy atom. The number of hydrogen-bond acceptors (Lipinski definition) is 2. The summed E-state index contributed by atoms with van der Waals surface area (Å²) in [6.45, 7) is 6.27. The van der Waals surface area contributed by atoms with Crippen LogP contribution < -0.4 is 0 Å². The van der Waals surface area contributed by atoms with E-state index in [1.807, 2.05) is 35.9 Å². The van der Waals surface area contributed by atoms with Crippen LogP contribution in [0.25, 0.3) is 11.1 Å². The lowest BCUT2D eigenvalue weighted by Gasteiger charge is -2.06. The molecule has 0 saturated carbocycles. The van der Waals surface area contributed by atoms with Crippen molar-refractivity contribution < 1.29 is 5.11 Å². The van der Waals surface area contributed by atoms with Crippen LogP contribution >= 0.6 is 0 Å². The third-order valence-corrected chi connectivity index (χ3v) is 2.92. The zero-order valence-electron chi connectivity index (χ0n) is 10.5. The van der Waals surface area contributed by atoms with Crippen molar-refractivity contribution >= 4 is 0 Å². The Bertz CT molecular complexity index is 515. The summed E-state index contributed by atoms with van der Waals surface area (Å²) in [4.78, 5) is 0. The van der Waals surface area contributed by atoms with Crippen LogP contribution in [0.4, 0.5) is 0 Å². The third-order valence-electron chi connectivity index (χ3n) is 2.92. The molecule has 0 amide bonds. The summed E-state index contributed by atoms with van der Waals surface area (Å²) in [5.74, 6) is 0. The first-order chi connectivity index (χ1) is 8.13. The maximum absolute atomic E-state index is 9.36. The Kier molecular flexibility index (Phi) is 3.29. The van der Waals surface area contributed by atoms with Crippen LogP contribution in [0.1, 0.15) is 31.1 Å². The van der Waals surface area contributed by atoms with Crippen LogP contribution in [-0.2, 0) is 6.61 Å². The molecule has 0 bridgehead atoms. The fourth-order valence-electron chi connectivity index (χ4n) is 1.93. The molecule has 0 saturated heterocycles. The summed E-state index contributed by atoms with van der Waals surface area (Å²) in [7, 11) is 0. The number of hydrogen-bond donors (Lipinski definition) is 1. The molecule has 2 rings (SSSR count). The fraction of sp³-hybridized carbons (Fsp3) is 0.357. The lowest BCUT2D eigenvalue weighted by molar-refractivity contribution is 0.282. The summed E-state index contributed by atoms with van der Waals surface area (Å²) < 4.78 is 1.96. The Balaban J connectivity index is 2.52. The number of aromatic nitrogens is 2. The van der Waals surface area contributed by atoms with Gasteiger partial charge in [-0.2, -0.15) is 5.10 Å². The van der Waals surface area contributed by atoms with Gasteiger partial charge in [0.15, 0.2) is 0 Å². The molecule has 0 aliphatic carbocycles. The maximum atomic E-state index is 9.36. The quantitative estimate of drug-likeness (QED) is 0.880. The highest BCUT2D eigenvalue weighted by Crippen LogP contribution is 2.27. The number of rotatable bonds is 3. The van der Waals surface area contributed by atoms with E-state index in [1.54, 1.807) is 0 Å². The van der Waals surface area contributed by atoms with Gasteiger partial charge >= 0.3 is 0 Å². The molecule has 1 N–H and O–H groups in total. The molecule has 0 radical (unpaired) electrons. The van der Waals surface area contributed by atoms with Gasteiger partial charge in [0.1, 0.15) is 0 Å². The summed E-state index contributed by atoms with van der Waals surface area (Å²) >= 11 is 0. The average molecular weight is 230 g/mol. The number of aliphatic hydroxyl groups is 1. The van der Waals surface area contributed by atoms with Gasteiger partial charge in [0.2, 0.25) is 0 Å². The molecule has 90 valence electrons. The lowest BCUT2D eigenvalue weighted by atomic mass is 10.0. The van der Waals surface area contributed by atoms with E-state index < -0.39 is 0 Å². The van der Waals surface area contributed by atoms with E-state index in [-0.39, 0.29) is 6.61 Å². The SMILES string of the molecule is Cc1nn(C(C)C)cc1-c1ccccc1CO. The second kappa shape index (κ2) is 4.72. The highest BCUT2D eigenvalue weighted by molar-refractivity contribution is 5.68. The molecule has 0 fully saturated rings. The van der Waals surface area contributed by atoms with E-state index in [0.29, 0.717) is 6.04 Å². The van der Waals surface area contributed by atoms with Crippen molar-refractivity contribution in [2.24, 2.45) is 0 Å². The lowest BCUT2D eigenvalue weighted by Crippen LogP contribution is -2.00. The van der Waals surface area contributed by atoms with Crippen LogP contribution in [0.2, 0.25) is 0 Å². The van der Waals surface area contributed by atoms with Crippen molar-refractivity contribution in [3.05, 3.63) is 41.7 Å². The van der Waals surface area contributed by atoms with Crippen LogP contribution in [-0.4, -0.2) is 14.9 Å². The van der Waals surface area contributed by atoms with Gasteiger partial charge < -0.3 is 5.11 Å². The molecular formula is C14H18N2O. The zero-order valence-corrected chi connectivity index (χ0v) is 10.5. The van der Waals surface area contributed by atoms with E-state index in [2.05, 4.69) is 25.1 Å². The first kappa shape index (κ1) is 11.9. The monoisotopic (exact) mass is 230 g/mol. The van der Waals surface area contributed by atoms with Crippen LogP contribution in [0.5, 0.6) is 0 Å². The van der Waals surface area contributed by atoms with Crippen LogP contribution in [0, 0.1) is 6.92 Å². The fourth-order valence-corrected chi connectivity index (χ4v) is 1.93. The minimum Gasteiger partial charge on any atom is -0.392 e. The van der Waals surface area contributed by atoms with Gasteiger partial charge in [-0.3, -0.25) is 4.68 Å². The molecule has 2 aromatic rings. The largest absolute Gasteiger partial charge is 0.392 e. The van der Waals surface area contributed by atoms with Gasteiger partial charge in [-0.25, -0.2) is 0 Å². The molecule has 3 heteroatoms. The van der Waals surface area contributed by atoms with Crippen LogP contribution in [0.15, 0.2) is 30.5 Å². The standard InChI is InChI=1S/C14H18N2O/c1-10(2)16-8-14(11(3)15-16)13-7-5-4-6-12(13)9-17/h4-8,10,17H,9H2,1-3H3. The van der Waals surface area contributed by atoms with E-state index >= 15 is 0 Å². The maximum Gasteiger partial charge on any atom is 0.0687 e. The van der Waals surface area contributed by atoms with E-state index in [4.69, 9.17) is 0 Å². The Morgan fingerprint density at radius 1 is 1.24 bits per heavy atom. The molecule has 0 aliphatic rings. The smallest absolute Gasteiger partial charge is 0.0687 e. The highest BCUT2D eigenvalue weighted by atomic mass is 16.3. The molecular weight excluding hydrogens is 212 g/mol. The summed E-state index contributed by atoms with van der Waals surface area (Å²) in [5.41, 5.74) is 4.11. The first-order valence-corrected chi connectivity index (χ1v) is 5.88. The molecule has 0 spiro atoms. The van der Waals surface area contributed by atoms with Gasteiger partial charge in [-0.05, 0) is 31.9 Å². The Morgan fingerprint density at radius 3 is 2.53 bits per heavy atom. The Labute approximate surface area is 102 Å². The van der Waals surface area contributed by atoms with Crippen molar-refractivity contribution in [3.8, 4) is 11.1 Å². The number of aliphatic hydroxyl groups excluding tert-OH is 1. The number of nitrogens with zero attached hydrogens (tertiary/aromatic N) is 2. The second-order valence-electron chi connectivity index (χ2n) is 4.52. The second-order valence-corrected chi connectivity index (χ2v) is 4.52. The average Bonchev–Trinajstić information content (AvgIpc) is 2.71. The van der Waals surface area contributed by atoms with Crippen molar-refractivity contribution in [2.45, 2.75) is 33.4 Å². The van der Waals surface area contributed by atoms with Crippen molar-refractivity contribution in [3.63, 3.8) is 0 Å². The van der Waals surface area contributed by atoms with Gasteiger partial charge in [0, 0.05) is 17.8 Å². The predicted octanol–water partition coefficient (Wildman–Crippen LogP) is 2.93. The van der Waals surface area contributed by atoms with Gasteiger partial charge in [-0.15, -0.1) is 0 Å². The minimum atomic E-state index is 0.0580. The topological polar surface area (TPSA) is 38.0 Å². The summed E-state index contributed by atoms with van der Waals surface area (Å²) in [6.07, 6.45) is 2.05. The summed E-state index contributed by atoms with van der Waals surface area (Å²) in [5, 5.41) is 13.9. The Hall–Kier alpha value is -1.61. The molecule has 0 atom stereocenters. The van der Waals surface area contributed by atoms with Crippen molar-refractivity contribution in [1.29, 1.82) is 0 Å². The normalized spacial score (nSPS) is 11.1. The predicted molar refractivity (Wildman–Crippen MR) is 68.7 cm³/mol. The van der Waals surface area contributed by atoms with Gasteiger partial charge in [0.25, 0.3) is 0 Å². The van der Waals surface area contributed by atoms with E-state index in [1.165, 1.54) is 0 Å². The van der Waals surface area contributed by atoms with Gasteiger partial charge in [-0.1, -0.05) is 24.3 Å². The molecule has 1 aromatic heterocycles. The molecule has 3 nitrogen and oxygen atoms in total.